The molecule has 1 aromatic heterocycles. The van der Waals surface area contributed by atoms with E-state index < -0.39 is 0 Å². The summed E-state index contributed by atoms with van der Waals surface area (Å²) in [5, 5.41) is 0.705. The number of nitrogens with one attached hydrogen (secondary N) is 1. The van der Waals surface area contributed by atoms with Crippen molar-refractivity contribution in [3.63, 3.8) is 0 Å². The van der Waals surface area contributed by atoms with Gasteiger partial charge in [-0.3, -0.25) is 4.79 Å². The van der Waals surface area contributed by atoms with E-state index in [1.165, 1.54) is 0 Å². The molecule has 1 heterocycles. The highest BCUT2D eigenvalue weighted by molar-refractivity contribution is 6.30. The largest absolute Gasteiger partial charge is 0.358 e. The molecule has 2 rings (SSSR count). The van der Waals surface area contributed by atoms with Gasteiger partial charge in [0.15, 0.2) is 5.43 Å². The van der Waals surface area contributed by atoms with Crippen LogP contribution < -0.4 is 5.43 Å². The second kappa shape index (κ2) is 4.14. The first-order valence-corrected chi connectivity index (χ1v) is 5.41. The van der Waals surface area contributed by atoms with Crippen LogP contribution in [0, 0.1) is 13.8 Å². The number of aromatic amines is 1. The molecular weight excluding hydrogens is 222 g/mol. The topological polar surface area (TPSA) is 32.9 Å². The number of aryl methyl sites for hydroxylation is 2. The molecular formula is C13H12ClNO. The van der Waals surface area contributed by atoms with E-state index in [0.29, 0.717) is 5.02 Å². The van der Waals surface area contributed by atoms with Gasteiger partial charge in [0.25, 0.3) is 0 Å². The van der Waals surface area contributed by atoms with E-state index in [1.807, 2.05) is 32.0 Å². The van der Waals surface area contributed by atoms with Crippen molar-refractivity contribution in [1.29, 1.82) is 0 Å². The van der Waals surface area contributed by atoms with Gasteiger partial charge in [-0.2, -0.15) is 0 Å². The van der Waals surface area contributed by atoms with E-state index in [1.54, 1.807) is 12.1 Å². The Morgan fingerprint density at radius 1 is 1.12 bits per heavy atom. The maximum atomic E-state index is 11.4. The molecule has 1 N–H and O–H groups in total. The summed E-state index contributed by atoms with van der Waals surface area (Å²) in [4.78, 5) is 14.6. The van der Waals surface area contributed by atoms with Gasteiger partial charge in [0.05, 0.1) is 0 Å². The molecule has 0 aliphatic rings. The molecule has 0 atom stereocenters. The van der Waals surface area contributed by atoms with Crippen LogP contribution in [0.5, 0.6) is 0 Å². The number of H-pyrrole nitrogens is 1. The predicted octanol–water partition coefficient (Wildman–Crippen LogP) is 3.31. The zero-order valence-electron chi connectivity index (χ0n) is 9.17. The molecule has 0 radical (unpaired) electrons. The Hall–Kier alpha value is -1.54. The molecule has 82 valence electrons. The summed E-state index contributed by atoms with van der Waals surface area (Å²) in [5.41, 5.74) is 3.76. The van der Waals surface area contributed by atoms with Crippen LogP contribution in [0.4, 0.5) is 0 Å². The normalized spacial score (nSPS) is 10.4. The van der Waals surface area contributed by atoms with Crippen molar-refractivity contribution in [2.45, 2.75) is 13.8 Å². The third-order valence-corrected chi connectivity index (χ3v) is 2.69. The Kier molecular flexibility index (Phi) is 2.84. The first kappa shape index (κ1) is 11.0. The minimum absolute atomic E-state index is 0.0144. The Labute approximate surface area is 98.9 Å². The second-order valence-corrected chi connectivity index (χ2v) is 4.31. The first-order valence-electron chi connectivity index (χ1n) is 5.04. The molecule has 16 heavy (non-hydrogen) atoms. The Morgan fingerprint density at radius 3 is 2.50 bits per heavy atom. The minimum Gasteiger partial charge on any atom is -0.358 e. The van der Waals surface area contributed by atoms with Crippen LogP contribution in [0.3, 0.4) is 0 Å². The fourth-order valence-corrected chi connectivity index (χ4v) is 1.98. The van der Waals surface area contributed by atoms with Crippen LogP contribution >= 0.6 is 11.6 Å². The van der Waals surface area contributed by atoms with Crippen molar-refractivity contribution in [3.05, 3.63) is 56.8 Å². The third-order valence-electron chi connectivity index (χ3n) is 2.46. The van der Waals surface area contributed by atoms with E-state index in [9.17, 15) is 4.79 Å². The van der Waals surface area contributed by atoms with E-state index in [0.717, 1.165) is 22.5 Å². The van der Waals surface area contributed by atoms with E-state index in [2.05, 4.69) is 4.98 Å². The zero-order chi connectivity index (χ0) is 11.7. The maximum Gasteiger partial charge on any atom is 0.182 e. The van der Waals surface area contributed by atoms with Gasteiger partial charge in [0.2, 0.25) is 0 Å². The summed E-state index contributed by atoms with van der Waals surface area (Å²) in [6, 6.07) is 8.81. The summed E-state index contributed by atoms with van der Waals surface area (Å²) < 4.78 is 0. The van der Waals surface area contributed by atoms with Crippen LogP contribution in [-0.2, 0) is 0 Å². The maximum absolute atomic E-state index is 11.4. The number of rotatable bonds is 1. The lowest BCUT2D eigenvalue weighted by Crippen LogP contribution is -2.02. The summed E-state index contributed by atoms with van der Waals surface area (Å²) in [6.07, 6.45) is 0. The van der Waals surface area contributed by atoms with Crippen LogP contribution in [0.1, 0.15) is 11.3 Å². The van der Waals surface area contributed by atoms with Gasteiger partial charge in [-0.25, -0.2) is 0 Å². The molecule has 0 aliphatic carbocycles. The van der Waals surface area contributed by atoms with Crippen molar-refractivity contribution < 1.29 is 0 Å². The van der Waals surface area contributed by atoms with E-state index in [4.69, 9.17) is 11.6 Å². The van der Waals surface area contributed by atoms with Gasteiger partial charge in [0, 0.05) is 34.1 Å². The number of benzene rings is 1. The van der Waals surface area contributed by atoms with Crippen molar-refractivity contribution in [2.24, 2.45) is 0 Å². The minimum atomic E-state index is 0.0144. The smallest absolute Gasteiger partial charge is 0.182 e. The molecule has 0 saturated heterocycles. The van der Waals surface area contributed by atoms with Gasteiger partial charge in [-0.15, -0.1) is 0 Å². The highest BCUT2D eigenvalue weighted by Crippen LogP contribution is 2.23. The number of aromatic nitrogens is 1. The molecule has 2 nitrogen and oxygen atoms in total. The Morgan fingerprint density at radius 2 is 1.88 bits per heavy atom. The molecule has 0 bridgehead atoms. The first-order chi connectivity index (χ1) is 7.56. The van der Waals surface area contributed by atoms with Crippen LogP contribution in [-0.4, -0.2) is 4.98 Å². The Bertz CT molecular complexity index is 587. The van der Waals surface area contributed by atoms with Gasteiger partial charge >= 0.3 is 0 Å². The van der Waals surface area contributed by atoms with Crippen molar-refractivity contribution in [1.82, 2.24) is 4.98 Å². The van der Waals surface area contributed by atoms with Gasteiger partial charge in [0.1, 0.15) is 0 Å². The predicted molar refractivity (Wildman–Crippen MR) is 67.0 cm³/mol. The standard InChI is InChI=1S/C13H12ClNO/c1-8-5-10(14)3-4-12(8)13-7-11(16)6-9(2)15-13/h3-7H,1-2H3,(H,15,16). The van der Waals surface area contributed by atoms with E-state index >= 15 is 0 Å². The van der Waals surface area contributed by atoms with Crippen LogP contribution in [0.2, 0.25) is 5.02 Å². The highest BCUT2D eigenvalue weighted by atomic mass is 35.5. The molecule has 0 saturated carbocycles. The van der Waals surface area contributed by atoms with Crippen molar-refractivity contribution in [2.75, 3.05) is 0 Å². The van der Waals surface area contributed by atoms with Crippen molar-refractivity contribution in [3.8, 4) is 11.3 Å². The third kappa shape index (κ3) is 2.17. The number of hydrogen-bond donors (Lipinski definition) is 1. The number of pyridine rings is 1. The van der Waals surface area contributed by atoms with Gasteiger partial charge in [-0.1, -0.05) is 17.7 Å². The van der Waals surface area contributed by atoms with Gasteiger partial charge < -0.3 is 4.98 Å². The highest BCUT2D eigenvalue weighted by Gasteiger charge is 2.04. The fraction of sp³-hybridized carbons (Fsp3) is 0.154. The average molecular weight is 234 g/mol. The van der Waals surface area contributed by atoms with Crippen molar-refractivity contribution >= 4 is 11.6 Å². The Balaban J connectivity index is 2.63. The molecule has 2 aromatic rings. The van der Waals surface area contributed by atoms with Gasteiger partial charge in [-0.05, 0) is 31.5 Å². The SMILES string of the molecule is Cc1cc(=O)cc(-c2ccc(Cl)cc2C)[nH]1. The summed E-state index contributed by atoms with van der Waals surface area (Å²) >= 11 is 5.90. The zero-order valence-corrected chi connectivity index (χ0v) is 9.93. The van der Waals surface area contributed by atoms with Crippen LogP contribution in [0.15, 0.2) is 35.1 Å². The molecule has 0 spiro atoms. The monoisotopic (exact) mass is 233 g/mol. The molecule has 1 aromatic carbocycles. The quantitative estimate of drug-likeness (QED) is 0.805. The summed E-state index contributed by atoms with van der Waals surface area (Å²) in [7, 11) is 0. The number of halogens is 1. The summed E-state index contributed by atoms with van der Waals surface area (Å²) in [5.74, 6) is 0. The second-order valence-electron chi connectivity index (χ2n) is 3.87. The van der Waals surface area contributed by atoms with Crippen LogP contribution in [0.25, 0.3) is 11.3 Å². The van der Waals surface area contributed by atoms with E-state index in [-0.39, 0.29) is 5.43 Å². The summed E-state index contributed by atoms with van der Waals surface area (Å²) in [6.45, 7) is 3.85. The number of hydrogen-bond acceptors (Lipinski definition) is 1. The lowest BCUT2D eigenvalue weighted by molar-refractivity contribution is 1.18. The molecule has 0 aliphatic heterocycles. The molecule has 0 unspecified atom stereocenters. The molecule has 0 amide bonds. The molecule has 0 fully saturated rings. The average Bonchev–Trinajstić information content (AvgIpc) is 2.15. The molecule has 3 heteroatoms. The lowest BCUT2D eigenvalue weighted by atomic mass is 10.1. The lowest BCUT2D eigenvalue weighted by Gasteiger charge is -2.07. The fourth-order valence-electron chi connectivity index (χ4n) is 1.76.